The molecule has 1 fully saturated rings. The van der Waals surface area contributed by atoms with Crippen molar-refractivity contribution in [2.45, 2.75) is 18.9 Å². The van der Waals surface area contributed by atoms with Crippen molar-refractivity contribution < 1.29 is 4.79 Å². The molecular weight excluding hydrogens is 380 g/mol. The summed E-state index contributed by atoms with van der Waals surface area (Å²) < 4.78 is 1.87. The lowest BCUT2D eigenvalue weighted by Gasteiger charge is -2.26. The van der Waals surface area contributed by atoms with Crippen LogP contribution in [-0.4, -0.2) is 39.8 Å². The number of nitrogens with one attached hydrogen (secondary N) is 1. The van der Waals surface area contributed by atoms with Crippen LogP contribution in [0.25, 0.3) is 11.7 Å². The maximum absolute atomic E-state index is 12.4. The van der Waals surface area contributed by atoms with E-state index in [2.05, 4.69) is 32.7 Å². The number of imidazole rings is 1. The van der Waals surface area contributed by atoms with E-state index < -0.39 is 0 Å². The number of hydrogen-bond donors (Lipinski definition) is 1. The van der Waals surface area contributed by atoms with E-state index in [1.54, 1.807) is 17.4 Å². The summed E-state index contributed by atoms with van der Waals surface area (Å²) in [4.78, 5) is 20.4. The van der Waals surface area contributed by atoms with Crippen molar-refractivity contribution in [3.63, 3.8) is 0 Å². The van der Waals surface area contributed by atoms with Gasteiger partial charge >= 0.3 is 0 Å². The number of pyridine rings is 1. The Hall–Kier alpha value is -2.15. The Labute approximate surface area is 167 Å². The third kappa shape index (κ3) is 4.08. The van der Waals surface area contributed by atoms with Gasteiger partial charge in [0.1, 0.15) is 5.65 Å². The summed E-state index contributed by atoms with van der Waals surface area (Å²) in [6.45, 7) is 2.78. The Morgan fingerprint density at radius 3 is 2.93 bits per heavy atom. The first-order chi connectivity index (χ1) is 13.2. The van der Waals surface area contributed by atoms with Gasteiger partial charge in [-0.1, -0.05) is 23.7 Å². The predicted molar refractivity (Wildman–Crippen MR) is 110 cm³/mol. The lowest BCUT2D eigenvalue weighted by molar-refractivity contribution is -0.116. The molecule has 3 aromatic rings. The lowest BCUT2D eigenvalue weighted by Crippen LogP contribution is -2.35. The Morgan fingerprint density at radius 2 is 2.15 bits per heavy atom. The van der Waals surface area contributed by atoms with Gasteiger partial charge in [0.15, 0.2) is 5.15 Å². The summed E-state index contributed by atoms with van der Waals surface area (Å²) in [5, 5.41) is 5.52. The van der Waals surface area contributed by atoms with Crippen molar-refractivity contribution in [1.29, 1.82) is 0 Å². The SMILES string of the molecule is O=C(/C=C/c1c(Cl)nc2ccccn12)NCC(c1cccs1)N1CCCC1. The van der Waals surface area contributed by atoms with Gasteiger partial charge in [-0.3, -0.25) is 14.1 Å². The molecule has 27 heavy (non-hydrogen) atoms. The van der Waals surface area contributed by atoms with Crippen LogP contribution in [0.1, 0.15) is 29.5 Å². The number of likely N-dealkylation sites (tertiary alicyclic amines) is 1. The first-order valence-corrected chi connectivity index (χ1v) is 10.3. The largest absolute Gasteiger partial charge is 0.351 e. The summed E-state index contributed by atoms with van der Waals surface area (Å²) in [6, 6.07) is 10.1. The molecule has 1 aliphatic heterocycles. The Morgan fingerprint density at radius 1 is 1.30 bits per heavy atom. The van der Waals surface area contributed by atoms with Gasteiger partial charge in [0, 0.05) is 23.7 Å². The lowest BCUT2D eigenvalue weighted by atomic mass is 10.2. The predicted octanol–water partition coefficient (Wildman–Crippen LogP) is 4.02. The Balaban J connectivity index is 1.43. The van der Waals surface area contributed by atoms with E-state index in [-0.39, 0.29) is 11.9 Å². The van der Waals surface area contributed by atoms with Crippen LogP contribution < -0.4 is 5.32 Å². The number of carbonyl (C=O) groups excluding carboxylic acids is 1. The first-order valence-electron chi connectivity index (χ1n) is 9.08. The van der Waals surface area contributed by atoms with E-state index in [1.165, 1.54) is 23.8 Å². The van der Waals surface area contributed by atoms with E-state index in [0.29, 0.717) is 17.4 Å². The highest BCUT2D eigenvalue weighted by molar-refractivity contribution is 7.10. The zero-order valence-corrected chi connectivity index (χ0v) is 16.4. The highest BCUT2D eigenvalue weighted by Crippen LogP contribution is 2.27. The van der Waals surface area contributed by atoms with E-state index in [4.69, 9.17) is 11.6 Å². The molecule has 7 heteroatoms. The second kappa shape index (κ2) is 8.25. The van der Waals surface area contributed by atoms with Gasteiger partial charge in [0.2, 0.25) is 5.91 Å². The molecule has 1 amide bonds. The highest BCUT2D eigenvalue weighted by atomic mass is 35.5. The average molecular weight is 401 g/mol. The third-order valence-corrected chi connectivity index (χ3v) is 6.09. The second-order valence-electron chi connectivity index (χ2n) is 6.57. The molecule has 0 radical (unpaired) electrons. The number of amides is 1. The van der Waals surface area contributed by atoms with Crippen molar-refractivity contribution in [3.05, 3.63) is 63.7 Å². The smallest absolute Gasteiger partial charge is 0.244 e. The zero-order valence-electron chi connectivity index (χ0n) is 14.8. The highest BCUT2D eigenvalue weighted by Gasteiger charge is 2.24. The van der Waals surface area contributed by atoms with Crippen molar-refractivity contribution in [2.75, 3.05) is 19.6 Å². The van der Waals surface area contributed by atoms with Crippen molar-refractivity contribution in [3.8, 4) is 0 Å². The van der Waals surface area contributed by atoms with Crippen LogP contribution >= 0.6 is 22.9 Å². The molecule has 1 saturated heterocycles. The molecular formula is C20H21ClN4OS. The van der Waals surface area contributed by atoms with Gasteiger partial charge in [0.25, 0.3) is 0 Å². The van der Waals surface area contributed by atoms with Crippen molar-refractivity contribution >= 4 is 40.6 Å². The van der Waals surface area contributed by atoms with Crippen molar-refractivity contribution in [2.24, 2.45) is 0 Å². The normalized spacial score (nSPS) is 16.3. The molecule has 5 nitrogen and oxygen atoms in total. The molecule has 0 spiro atoms. The standard InChI is InChI=1S/C20H21ClN4OS/c21-20-15(25-12-2-1-7-18(25)23-20)8-9-19(26)22-14-16(17-6-5-13-27-17)24-10-3-4-11-24/h1-2,5-9,12-13,16H,3-4,10-11,14H2,(H,22,26)/b9-8+. The van der Waals surface area contributed by atoms with Crippen LogP contribution in [0.15, 0.2) is 48.0 Å². The molecule has 4 rings (SSSR count). The number of carbonyl (C=O) groups is 1. The summed E-state index contributed by atoms with van der Waals surface area (Å²) in [6.07, 6.45) is 7.57. The fourth-order valence-electron chi connectivity index (χ4n) is 3.49. The Kier molecular flexibility index (Phi) is 5.57. The number of fused-ring (bicyclic) bond motifs is 1. The van der Waals surface area contributed by atoms with Crippen LogP contribution in [0.4, 0.5) is 0 Å². The summed E-state index contributed by atoms with van der Waals surface area (Å²) in [7, 11) is 0. The van der Waals surface area contributed by atoms with Gasteiger partial charge in [-0.25, -0.2) is 4.98 Å². The number of rotatable bonds is 6. The fraction of sp³-hybridized carbons (Fsp3) is 0.300. The minimum atomic E-state index is -0.127. The quantitative estimate of drug-likeness (QED) is 0.636. The molecule has 4 heterocycles. The maximum atomic E-state index is 12.4. The molecule has 140 valence electrons. The van der Waals surface area contributed by atoms with E-state index >= 15 is 0 Å². The molecule has 3 aromatic heterocycles. The van der Waals surface area contributed by atoms with E-state index in [0.717, 1.165) is 18.7 Å². The van der Waals surface area contributed by atoms with Crippen LogP contribution in [0.2, 0.25) is 5.15 Å². The third-order valence-electron chi connectivity index (χ3n) is 4.84. The number of halogens is 1. The molecule has 0 aliphatic carbocycles. The van der Waals surface area contributed by atoms with Gasteiger partial charge in [-0.05, 0) is 55.6 Å². The molecule has 1 aliphatic rings. The first kappa shape index (κ1) is 18.2. The number of thiophene rings is 1. The minimum Gasteiger partial charge on any atom is -0.351 e. The number of nitrogens with zero attached hydrogens (tertiary/aromatic N) is 3. The molecule has 1 N–H and O–H groups in total. The second-order valence-corrected chi connectivity index (χ2v) is 7.91. The van der Waals surface area contributed by atoms with Gasteiger partial charge in [-0.15, -0.1) is 11.3 Å². The van der Waals surface area contributed by atoms with Gasteiger partial charge in [0.05, 0.1) is 11.7 Å². The number of aromatic nitrogens is 2. The van der Waals surface area contributed by atoms with Crippen LogP contribution in [0.5, 0.6) is 0 Å². The molecule has 0 aromatic carbocycles. The zero-order chi connectivity index (χ0) is 18.6. The van der Waals surface area contributed by atoms with Crippen LogP contribution in [-0.2, 0) is 4.79 Å². The van der Waals surface area contributed by atoms with Crippen molar-refractivity contribution in [1.82, 2.24) is 19.6 Å². The monoisotopic (exact) mass is 400 g/mol. The molecule has 1 unspecified atom stereocenters. The number of hydrogen-bond acceptors (Lipinski definition) is 4. The van der Waals surface area contributed by atoms with Crippen LogP contribution in [0.3, 0.4) is 0 Å². The maximum Gasteiger partial charge on any atom is 0.244 e. The minimum absolute atomic E-state index is 0.127. The summed E-state index contributed by atoms with van der Waals surface area (Å²) in [5.41, 5.74) is 1.46. The fourth-order valence-corrected chi connectivity index (χ4v) is 4.59. The molecule has 0 bridgehead atoms. The molecule has 0 saturated carbocycles. The van der Waals surface area contributed by atoms with E-state index in [9.17, 15) is 4.79 Å². The van der Waals surface area contributed by atoms with E-state index in [1.807, 2.05) is 28.8 Å². The summed E-state index contributed by atoms with van der Waals surface area (Å²) in [5.74, 6) is -0.127. The van der Waals surface area contributed by atoms with Gasteiger partial charge in [-0.2, -0.15) is 0 Å². The van der Waals surface area contributed by atoms with Crippen LogP contribution in [0, 0.1) is 0 Å². The average Bonchev–Trinajstić information content (AvgIpc) is 3.42. The Bertz CT molecular complexity index is 944. The topological polar surface area (TPSA) is 49.6 Å². The van der Waals surface area contributed by atoms with Gasteiger partial charge < -0.3 is 5.32 Å². The summed E-state index contributed by atoms with van der Waals surface area (Å²) >= 11 is 7.96. The molecule has 1 atom stereocenters.